The Hall–Kier alpha value is -2.43. The average molecular weight is 484 g/mol. The van der Waals surface area contributed by atoms with Crippen LogP contribution in [0.15, 0.2) is 41.3 Å². The lowest BCUT2D eigenvalue weighted by molar-refractivity contribution is -0.189. The van der Waals surface area contributed by atoms with Crippen LogP contribution in [0.25, 0.3) is 0 Å². The zero-order valence-electron chi connectivity index (χ0n) is 17.9. The quantitative estimate of drug-likeness (QED) is 0.627. The third-order valence-electron chi connectivity index (χ3n) is 6.08. The van der Waals surface area contributed by atoms with E-state index < -0.39 is 29.3 Å². The van der Waals surface area contributed by atoms with E-state index >= 15 is 0 Å². The van der Waals surface area contributed by atoms with Crippen molar-refractivity contribution in [3.8, 4) is 5.75 Å². The molecule has 2 aliphatic heterocycles. The fourth-order valence-corrected chi connectivity index (χ4v) is 4.56. The van der Waals surface area contributed by atoms with Crippen LogP contribution in [-0.4, -0.2) is 45.1 Å². The average Bonchev–Trinajstić information content (AvgIpc) is 3.22. The molecule has 178 valence electrons. The van der Waals surface area contributed by atoms with E-state index in [0.717, 1.165) is 43.0 Å². The lowest BCUT2D eigenvalue weighted by atomic mass is 9.90. The number of carbonyl (C=O) groups excluding carboxylic acids is 1. The van der Waals surface area contributed by atoms with Crippen LogP contribution >= 0.6 is 0 Å². The third-order valence-corrected chi connectivity index (χ3v) is 6.74. The Morgan fingerprint density at radius 1 is 1.15 bits per heavy atom. The van der Waals surface area contributed by atoms with Crippen molar-refractivity contribution in [1.29, 1.82) is 0 Å². The molecule has 0 aromatic heterocycles. The van der Waals surface area contributed by atoms with Crippen molar-refractivity contribution >= 4 is 17.0 Å². The minimum absolute atomic E-state index is 0.0936. The van der Waals surface area contributed by atoms with E-state index in [0.29, 0.717) is 32.2 Å². The third kappa shape index (κ3) is 5.23. The number of carbonyl (C=O) groups is 1. The summed E-state index contributed by atoms with van der Waals surface area (Å²) in [7, 11) is 0. The molecule has 33 heavy (non-hydrogen) atoms. The van der Waals surface area contributed by atoms with Gasteiger partial charge in [0.2, 0.25) is 0 Å². The first-order valence-electron chi connectivity index (χ1n) is 10.6. The fraction of sp³-hybridized carbons (Fsp3) is 0.435. The molecule has 0 bridgehead atoms. The molecule has 10 heteroatoms. The number of nitrogens with zero attached hydrogens (tertiary/aromatic N) is 1. The molecule has 2 aromatic rings. The van der Waals surface area contributed by atoms with E-state index in [2.05, 4.69) is 12.1 Å². The highest BCUT2D eigenvalue weighted by molar-refractivity contribution is 7.79. The Balaban J connectivity index is 1.58. The summed E-state index contributed by atoms with van der Waals surface area (Å²) >= 11 is -2.40. The Bertz CT molecular complexity index is 1070. The van der Waals surface area contributed by atoms with Gasteiger partial charge in [-0.3, -0.25) is 4.79 Å². The highest BCUT2D eigenvalue weighted by atomic mass is 32.2. The number of alkyl halides is 3. The predicted molar refractivity (Wildman–Crippen MR) is 114 cm³/mol. The minimum atomic E-state index is -4.62. The van der Waals surface area contributed by atoms with Crippen molar-refractivity contribution in [2.24, 2.45) is 0 Å². The van der Waals surface area contributed by atoms with E-state index in [-0.39, 0.29) is 16.2 Å². The summed E-state index contributed by atoms with van der Waals surface area (Å²) in [4.78, 5) is 14.7. The summed E-state index contributed by atoms with van der Waals surface area (Å²) in [6, 6.07) is 9.54. The van der Waals surface area contributed by atoms with Crippen LogP contribution in [0.1, 0.15) is 52.7 Å². The first kappa shape index (κ1) is 23.7. The Kier molecular flexibility index (Phi) is 6.78. The van der Waals surface area contributed by atoms with E-state index in [9.17, 15) is 26.7 Å². The van der Waals surface area contributed by atoms with Crippen LogP contribution < -0.4 is 4.74 Å². The number of benzene rings is 2. The summed E-state index contributed by atoms with van der Waals surface area (Å²) in [6.45, 7) is 2.87. The number of amides is 1. The van der Waals surface area contributed by atoms with Crippen LogP contribution in [0, 0.1) is 0 Å². The first-order valence-corrected chi connectivity index (χ1v) is 11.7. The van der Waals surface area contributed by atoms with Crippen LogP contribution in [0.4, 0.5) is 13.2 Å². The molecular formula is C23H24F3NO5S. The second kappa shape index (κ2) is 9.44. The summed E-state index contributed by atoms with van der Waals surface area (Å²) in [5, 5.41) is 0. The summed E-state index contributed by atoms with van der Waals surface area (Å²) in [5.41, 5.74) is 2.96. The Labute approximate surface area is 192 Å². The maximum absolute atomic E-state index is 13.3. The van der Waals surface area contributed by atoms with Crippen molar-refractivity contribution < 1.29 is 36.2 Å². The molecule has 1 N–H and O–H groups in total. The van der Waals surface area contributed by atoms with Gasteiger partial charge in [-0.1, -0.05) is 18.2 Å². The van der Waals surface area contributed by atoms with Crippen molar-refractivity contribution in [2.75, 3.05) is 13.2 Å². The van der Waals surface area contributed by atoms with Crippen LogP contribution in [0.5, 0.6) is 5.75 Å². The monoisotopic (exact) mass is 483 g/mol. The molecule has 2 aliphatic rings. The van der Waals surface area contributed by atoms with Gasteiger partial charge in [-0.25, -0.2) is 4.21 Å². The van der Waals surface area contributed by atoms with Crippen molar-refractivity contribution in [2.45, 2.75) is 55.9 Å². The topological polar surface area (TPSA) is 76.1 Å². The number of hydrogen-bond acceptors (Lipinski definition) is 4. The number of fused-ring (bicyclic) bond motifs is 1. The maximum atomic E-state index is 13.3. The second-order valence-electron chi connectivity index (χ2n) is 8.28. The van der Waals surface area contributed by atoms with Gasteiger partial charge in [0.25, 0.3) is 5.91 Å². The number of ether oxygens (including phenoxy) is 2. The minimum Gasteiger partial charge on any atom is -0.480 e. The van der Waals surface area contributed by atoms with E-state index in [1.165, 1.54) is 16.5 Å². The van der Waals surface area contributed by atoms with Gasteiger partial charge in [-0.15, -0.1) is 0 Å². The molecule has 1 saturated heterocycles. The van der Waals surface area contributed by atoms with Gasteiger partial charge >= 0.3 is 6.18 Å². The van der Waals surface area contributed by atoms with Crippen molar-refractivity contribution in [3.63, 3.8) is 0 Å². The smallest absolute Gasteiger partial charge is 0.425 e. The molecule has 1 fully saturated rings. The lowest BCUT2D eigenvalue weighted by Crippen LogP contribution is -2.32. The summed E-state index contributed by atoms with van der Waals surface area (Å²) in [5.74, 6) is -0.442. The molecule has 0 saturated carbocycles. The normalized spacial score (nSPS) is 18.6. The maximum Gasteiger partial charge on any atom is 0.425 e. The number of rotatable bonds is 5. The molecule has 4 rings (SSSR count). The van der Waals surface area contributed by atoms with Gasteiger partial charge in [0.15, 0.2) is 17.2 Å². The molecule has 2 atom stereocenters. The second-order valence-corrected chi connectivity index (χ2v) is 9.25. The van der Waals surface area contributed by atoms with E-state index in [1.54, 1.807) is 0 Å². The SMILES string of the molecule is C[C@H](Oc1ccc(S(=O)O)cc1C(=O)N1Cc2ccc(C3CCOCC3)cc2C1)C(F)(F)F. The molecule has 1 unspecified atom stereocenters. The zero-order chi connectivity index (χ0) is 23.8. The van der Waals surface area contributed by atoms with Gasteiger partial charge in [0.05, 0.1) is 10.5 Å². The van der Waals surface area contributed by atoms with Gasteiger partial charge in [0, 0.05) is 26.3 Å². The first-order chi connectivity index (χ1) is 15.6. The van der Waals surface area contributed by atoms with Crippen LogP contribution in [-0.2, 0) is 28.9 Å². The van der Waals surface area contributed by atoms with Crippen molar-refractivity contribution in [3.05, 3.63) is 58.7 Å². The van der Waals surface area contributed by atoms with E-state index in [1.807, 2.05) is 6.07 Å². The molecule has 2 aromatic carbocycles. The molecule has 2 heterocycles. The predicted octanol–water partition coefficient (Wildman–Crippen LogP) is 4.65. The summed E-state index contributed by atoms with van der Waals surface area (Å²) < 4.78 is 70.5. The van der Waals surface area contributed by atoms with Crippen molar-refractivity contribution in [1.82, 2.24) is 4.90 Å². The van der Waals surface area contributed by atoms with Gasteiger partial charge in [0.1, 0.15) is 5.75 Å². The fourth-order valence-electron chi connectivity index (χ4n) is 4.16. The Morgan fingerprint density at radius 3 is 2.52 bits per heavy atom. The van der Waals surface area contributed by atoms with Gasteiger partial charge in [-0.05, 0) is 60.6 Å². The highest BCUT2D eigenvalue weighted by Crippen LogP contribution is 2.34. The highest BCUT2D eigenvalue weighted by Gasteiger charge is 2.39. The van der Waals surface area contributed by atoms with E-state index in [4.69, 9.17) is 9.47 Å². The molecule has 6 nitrogen and oxygen atoms in total. The van der Waals surface area contributed by atoms with Crippen LogP contribution in [0.3, 0.4) is 0 Å². The number of hydrogen-bond donors (Lipinski definition) is 1. The van der Waals surface area contributed by atoms with Crippen LogP contribution in [0.2, 0.25) is 0 Å². The summed E-state index contributed by atoms with van der Waals surface area (Å²) in [6.07, 6.45) is -4.90. The van der Waals surface area contributed by atoms with Gasteiger partial charge in [-0.2, -0.15) is 13.2 Å². The lowest BCUT2D eigenvalue weighted by Gasteiger charge is -2.23. The van der Waals surface area contributed by atoms with Gasteiger partial charge < -0.3 is 18.9 Å². The molecule has 0 spiro atoms. The standard InChI is InChI=1S/C23H24F3NO5S/c1-14(23(24,25)26)32-21-5-4-19(33(29)30)11-20(21)22(28)27-12-17-3-2-16(10-18(17)13-27)15-6-8-31-9-7-15/h2-5,10-11,14-15H,6-9,12-13H2,1H3,(H,29,30)/t14-/m0/s1. The molecule has 1 amide bonds. The molecule has 0 aliphatic carbocycles. The largest absolute Gasteiger partial charge is 0.480 e. The molecule has 0 radical (unpaired) electrons. The zero-order valence-corrected chi connectivity index (χ0v) is 18.7. The number of halogens is 3. The molecular weight excluding hydrogens is 459 g/mol. The Morgan fingerprint density at radius 2 is 1.85 bits per heavy atom.